The van der Waals surface area contributed by atoms with Crippen LogP contribution in [0.25, 0.3) is 22.0 Å². The van der Waals surface area contributed by atoms with Gasteiger partial charge in [-0.25, -0.2) is 0 Å². The third-order valence-corrected chi connectivity index (χ3v) is 4.01. The van der Waals surface area contributed by atoms with Crippen molar-refractivity contribution in [2.45, 2.75) is 6.42 Å². The van der Waals surface area contributed by atoms with Gasteiger partial charge >= 0.3 is 0 Å². The van der Waals surface area contributed by atoms with Crippen LogP contribution >= 0.6 is 0 Å². The van der Waals surface area contributed by atoms with Crippen LogP contribution < -0.4 is 5.73 Å². The Bertz CT molecular complexity index is 940. The number of fused-ring (bicyclic) bond motifs is 1. The van der Waals surface area contributed by atoms with Crippen molar-refractivity contribution in [2.75, 3.05) is 5.73 Å². The van der Waals surface area contributed by atoms with Gasteiger partial charge in [0.1, 0.15) is 0 Å². The summed E-state index contributed by atoms with van der Waals surface area (Å²) in [4.78, 5) is 4.27. The molecule has 0 aliphatic heterocycles. The van der Waals surface area contributed by atoms with Crippen LogP contribution in [0, 0.1) is 0 Å². The number of nitrogen functional groups attached to an aromatic ring is 1. The maximum Gasteiger partial charge on any atom is 0.153 e. The number of pyridine rings is 1. The van der Waals surface area contributed by atoms with E-state index in [1.807, 2.05) is 12.3 Å². The monoisotopic (exact) mass is 300 g/mol. The molecular weight excluding hydrogens is 284 g/mol. The fourth-order valence-corrected chi connectivity index (χ4v) is 2.85. The number of aromatic nitrogens is 3. The average Bonchev–Trinajstić information content (AvgIpc) is 2.98. The van der Waals surface area contributed by atoms with Crippen LogP contribution in [0.15, 0.2) is 67.0 Å². The van der Waals surface area contributed by atoms with Gasteiger partial charge in [-0.3, -0.25) is 10.1 Å². The fraction of sp³-hybridized carbons (Fsp3) is 0.0526. The first kappa shape index (κ1) is 13.5. The summed E-state index contributed by atoms with van der Waals surface area (Å²) in [5.41, 5.74) is 11.5. The predicted molar refractivity (Wildman–Crippen MR) is 93.0 cm³/mol. The van der Waals surface area contributed by atoms with E-state index in [-0.39, 0.29) is 0 Å². The molecule has 0 aliphatic rings. The summed E-state index contributed by atoms with van der Waals surface area (Å²) in [5, 5.41) is 7.90. The van der Waals surface area contributed by atoms with Crippen LogP contribution in [0.2, 0.25) is 0 Å². The lowest BCUT2D eigenvalue weighted by molar-refractivity contribution is 1.12. The van der Waals surface area contributed by atoms with Crippen molar-refractivity contribution >= 4 is 16.7 Å². The highest BCUT2D eigenvalue weighted by molar-refractivity contribution is 6.00. The van der Waals surface area contributed by atoms with E-state index in [9.17, 15) is 0 Å². The first-order valence-electron chi connectivity index (χ1n) is 7.52. The molecule has 4 rings (SSSR count). The molecule has 23 heavy (non-hydrogen) atoms. The van der Waals surface area contributed by atoms with E-state index in [2.05, 4.69) is 63.7 Å². The zero-order chi connectivity index (χ0) is 15.6. The lowest BCUT2D eigenvalue weighted by Gasteiger charge is -2.06. The smallest absolute Gasteiger partial charge is 0.153 e. The number of nitrogens with zero attached hydrogens (tertiary/aromatic N) is 2. The SMILES string of the molecule is Nc1n[nH]c2cncc(-c3ccc(Cc4ccccc4)cc3)c12. The molecule has 0 unspecified atom stereocenters. The number of aromatic amines is 1. The molecule has 0 bridgehead atoms. The Hall–Kier alpha value is -3.14. The van der Waals surface area contributed by atoms with Gasteiger partial charge in [0.05, 0.1) is 17.1 Å². The standard InChI is InChI=1S/C19H16N4/c20-19-18-16(11-21-12-17(18)22-23-19)15-8-6-14(7-9-15)10-13-4-2-1-3-5-13/h1-9,11-12H,10H2,(H3,20,22,23). The van der Waals surface area contributed by atoms with Gasteiger partial charge in [0.2, 0.25) is 0 Å². The first-order chi connectivity index (χ1) is 11.3. The summed E-state index contributed by atoms with van der Waals surface area (Å²) >= 11 is 0. The van der Waals surface area contributed by atoms with Gasteiger partial charge in [-0.2, -0.15) is 5.10 Å². The van der Waals surface area contributed by atoms with Crippen LogP contribution in [0.4, 0.5) is 5.82 Å². The highest BCUT2D eigenvalue weighted by Gasteiger charge is 2.10. The summed E-state index contributed by atoms with van der Waals surface area (Å²) in [7, 11) is 0. The number of H-pyrrole nitrogens is 1. The molecule has 0 amide bonds. The Balaban J connectivity index is 1.69. The topological polar surface area (TPSA) is 67.6 Å². The first-order valence-corrected chi connectivity index (χ1v) is 7.52. The number of nitrogens with two attached hydrogens (primary N) is 1. The molecule has 112 valence electrons. The number of benzene rings is 2. The molecule has 0 spiro atoms. The summed E-state index contributed by atoms with van der Waals surface area (Å²) in [6, 6.07) is 19.0. The van der Waals surface area contributed by atoms with Crippen LogP contribution in [-0.2, 0) is 6.42 Å². The highest BCUT2D eigenvalue weighted by atomic mass is 15.2. The molecular formula is C19H16N4. The Morgan fingerprint density at radius 2 is 1.61 bits per heavy atom. The molecule has 2 heterocycles. The second-order valence-corrected chi connectivity index (χ2v) is 5.58. The Labute approximate surface area is 134 Å². The molecule has 0 aliphatic carbocycles. The second-order valence-electron chi connectivity index (χ2n) is 5.58. The number of anilines is 1. The Kier molecular flexibility index (Phi) is 3.27. The van der Waals surface area contributed by atoms with Crippen LogP contribution in [0.1, 0.15) is 11.1 Å². The van der Waals surface area contributed by atoms with Crippen LogP contribution in [0.5, 0.6) is 0 Å². The highest BCUT2D eigenvalue weighted by Crippen LogP contribution is 2.30. The van der Waals surface area contributed by atoms with Crippen LogP contribution in [0.3, 0.4) is 0 Å². The van der Waals surface area contributed by atoms with E-state index in [0.29, 0.717) is 5.82 Å². The molecule has 3 N–H and O–H groups in total. The maximum absolute atomic E-state index is 5.98. The Morgan fingerprint density at radius 3 is 2.39 bits per heavy atom. The molecule has 2 aromatic heterocycles. The van der Waals surface area contributed by atoms with Crippen molar-refractivity contribution in [1.29, 1.82) is 0 Å². The molecule has 0 atom stereocenters. The third kappa shape index (κ3) is 2.55. The lowest BCUT2D eigenvalue weighted by atomic mass is 9.99. The normalized spacial score (nSPS) is 11.0. The zero-order valence-electron chi connectivity index (χ0n) is 12.5. The van der Waals surface area contributed by atoms with Gasteiger partial charge in [0.15, 0.2) is 5.82 Å². The van der Waals surface area contributed by atoms with Gasteiger partial charge in [0.25, 0.3) is 0 Å². The molecule has 0 saturated carbocycles. The molecule has 4 nitrogen and oxygen atoms in total. The van der Waals surface area contributed by atoms with E-state index in [1.54, 1.807) is 6.20 Å². The number of hydrogen-bond donors (Lipinski definition) is 2. The van der Waals surface area contributed by atoms with Crippen molar-refractivity contribution in [3.63, 3.8) is 0 Å². The minimum Gasteiger partial charge on any atom is -0.382 e. The molecule has 4 heteroatoms. The zero-order valence-corrected chi connectivity index (χ0v) is 12.5. The average molecular weight is 300 g/mol. The van der Waals surface area contributed by atoms with E-state index in [1.165, 1.54) is 11.1 Å². The maximum atomic E-state index is 5.98. The Morgan fingerprint density at radius 1 is 0.870 bits per heavy atom. The van der Waals surface area contributed by atoms with Gasteiger partial charge in [-0.15, -0.1) is 0 Å². The predicted octanol–water partition coefficient (Wildman–Crippen LogP) is 3.80. The van der Waals surface area contributed by atoms with Crippen molar-refractivity contribution < 1.29 is 0 Å². The summed E-state index contributed by atoms with van der Waals surface area (Å²) in [5.74, 6) is 0.505. The van der Waals surface area contributed by atoms with Gasteiger partial charge in [0, 0.05) is 11.8 Å². The number of nitrogens with one attached hydrogen (secondary N) is 1. The largest absolute Gasteiger partial charge is 0.382 e. The quantitative estimate of drug-likeness (QED) is 0.604. The summed E-state index contributed by atoms with van der Waals surface area (Å²) < 4.78 is 0. The minimum absolute atomic E-state index is 0.505. The number of hydrogen-bond acceptors (Lipinski definition) is 3. The van der Waals surface area contributed by atoms with Crippen molar-refractivity contribution in [3.8, 4) is 11.1 Å². The second kappa shape index (κ2) is 5.57. The minimum atomic E-state index is 0.505. The third-order valence-electron chi connectivity index (χ3n) is 4.01. The number of rotatable bonds is 3. The molecule has 0 fully saturated rings. The molecule has 4 aromatic rings. The molecule has 0 radical (unpaired) electrons. The van der Waals surface area contributed by atoms with E-state index in [4.69, 9.17) is 5.73 Å². The van der Waals surface area contributed by atoms with E-state index >= 15 is 0 Å². The van der Waals surface area contributed by atoms with Gasteiger partial charge in [-0.1, -0.05) is 54.6 Å². The van der Waals surface area contributed by atoms with E-state index in [0.717, 1.165) is 28.5 Å². The van der Waals surface area contributed by atoms with Crippen LogP contribution in [-0.4, -0.2) is 15.2 Å². The van der Waals surface area contributed by atoms with E-state index < -0.39 is 0 Å². The van der Waals surface area contributed by atoms with Crippen molar-refractivity contribution in [1.82, 2.24) is 15.2 Å². The van der Waals surface area contributed by atoms with Crippen molar-refractivity contribution in [3.05, 3.63) is 78.1 Å². The summed E-state index contributed by atoms with van der Waals surface area (Å²) in [6.07, 6.45) is 4.50. The van der Waals surface area contributed by atoms with Gasteiger partial charge in [-0.05, 0) is 23.1 Å². The molecule has 2 aromatic carbocycles. The fourth-order valence-electron chi connectivity index (χ4n) is 2.85. The van der Waals surface area contributed by atoms with Gasteiger partial charge < -0.3 is 5.73 Å². The van der Waals surface area contributed by atoms with Crippen molar-refractivity contribution in [2.24, 2.45) is 0 Å². The summed E-state index contributed by atoms with van der Waals surface area (Å²) in [6.45, 7) is 0. The lowest BCUT2D eigenvalue weighted by Crippen LogP contribution is -1.90. The molecule has 0 saturated heterocycles.